The van der Waals surface area contributed by atoms with Crippen LogP contribution in [0.15, 0.2) is 42.7 Å². The molecule has 0 saturated heterocycles. The Labute approximate surface area is 230 Å². The number of carbonyl (C=O) groups excluding carboxylic acids is 2. The van der Waals surface area contributed by atoms with Gasteiger partial charge in [0, 0.05) is 44.6 Å². The highest BCUT2D eigenvalue weighted by Crippen LogP contribution is 2.26. The van der Waals surface area contributed by atoms with Gasteiger partial charge in [0.25, 0.3) is 11.8 Å². The van der Waals surface area contributed by atoms with Crippen LogP contribution in [0.1, 0.15) is 48.8 Å². The number of aryl methyl sites for hydroxylation is 1. The molecule has 0 saturated carbocycles. The van der Waals surface area contributed by atoms with Crippen molar-refractivity contribution in [2.45, 2.75) is 33.0 Å². The van der Waals surface area contributed by atoms with Gasteiger partial charge < -0.3 is 19.7 Å². The number of nitrogens with one attached hydrogen (secondary N) is 1. The fourth-order valence-electron chi connectivity index (χ4n) is 4.78. The number of amides is 2. The number of hydrogen-bond donors (Lipinski definition) is 1. The molecule has 3 heterocycles. The average Bonchev–Trinajstić information content (AvgIpc) is 3.56. The van der Waals surface area contributed by atoms with Crippen LogP contribution in [0.3, 0.4) is 0 Å². The van der Waals surface area contributed by atoms with Crippen LogP contribution in [0, 0.1) is 12.7 Å². The molecule has 2 amide bonds. The Morgan fingerprint density at radius 1 is 1.18 bits per heavy atom. The monoisotopic (exact) mass is 547 g/mol. The van der Waals surface area contributed by atoms with Crippen LogP contribution in [-0.4, -0.2) is 69.3 Å². The first-order chi connectivity index (χ1) is 19.3. The number of carbonyl (C=O) groups is 2. The molecule has 40 heavy (non-hydrogen) atoms. The van der Waals surface area contributed by atoms with E-state index in [2.05, 4.69) is 20.7 Å². The molecule has 4 aromatic rings. The van der Waals surface area contributed by atoms with Crippen molar-refractivity contribution in [1.29, 1.82) is 0 Å². The van der Waals surface area contributed by atoms with Gasteiger partial charge in [-0.25, -0.2) is 9.07 Å². The highest BCUT2D eigenvalue weighted by molar-refractivity contribution is 5.96. The summed E-state index contributed by atoms with van der Waals surface area (Å²) >= 11 is 0. The first-order valence-corrected chi connectivity index (χ1v) is 12.7. The zero-order chi connectivity index (χ0) is 28.4. The number of likely N-dealkylation sites (N-methyl/N-ethyl adjacent to an activating group) is 1. The number of rotatable bonds is 9. The lowest BCUT2D eigenvalue weighted by Gasteiger charge is -2.25. The molecule has 0 aliphatic carbocycles. The summed E-state index contributed by atoms with van der Waals surface area (Å²) in [4.78, 5) is 27.4. The fourth-order valence-corrected chi connectivity index (χ4v) is 4.78. The number of hydrogen-bond acceptors (Lipinski definition) is 7. The normalized spacial score (nSPS) is 12.9. The van der Waals surface area contributed by atoms with E-state index in [-0.39, 0.29) is 30.4 Å². The molecule has 0 unspecified atom stereocenters. The molecule has 1 N–H and O–H groups in total. The van der Waals surface area contributed by atoms with E-state index < -0.39 is 11.7 Å². The van der Waals surface area contributed by atoms with Crippen LogP contribution < -0.4 is 10.1 Å². The molecule has 5 rings (SSSR count). The van der Waals surface area contributed by atoms with E-state index in [0.29, 0.717) is 41.3 Å². The molecule has 0 spiro atoms. The molecule has 11 nitrogen and oxygen atoms in total. The van der Waals surface area contributed by atoms with E-state index >= 15 is 4.39 Å². The summed E-state index contributed by atoms with van der Waals surface area (Å²) in [5, 5.41) is 15.4. The maximum Gasteiger partial charge on any atom is 0.255 e. The van der Waals surface area contributed by atoms with Gasteiger partial charge in [-0.2, -0.15) is 5.10 Å². The third-order valence-electron chi connectivity index (χ3n) is 6.86. The standard InChI is InChI=1S/C28H30FN7O4/c1-17-13-36(33-31-17)24-7-8-25(40-4)26(29)21(24)12-30-27(37)22-15-35(32-23(22)16-39-3)14-18-5-6-20-19(11-18)9-10-34(2)28(20)38/h5-8,11,13,15H,9-10,12,14,16H2,1-4H3,(H,30,37). The van der Waals surface area contributed by atoms with Gasteiger partial charge in [-0.1, -0.05) is 17.3 Å². The largest absolute Gasteiger partial charge is 0.494 e. The number of methoxy groups -OCH3 is 2. The summed E-state index contributed by atoms with van der Waals surface area (Å²) in [5.41, 5.74) is 4.74. The second-order valence-corrected chi connectivity index (χ2v) is 9.65. The number of nitrogens with zero attached hydrogens (tertiary/aromatic N) is 6. The van der Waals surface area contributed by atoms with Crippen molar-refractivity contribution < 1.29 is 23.5 Å². The minimum atomic E-state index is -0.599. The summed E-state index contributed by atoms with van der Waals surface area (Å²) < 4.78 is 28.8. The molecular weight excluding hydrogens is 517 g/mol. The van der Waals surface area contributed by atoms with E-state index in [1.807, 2.05) is 18.2 Å². The fraction of sp³-hybridized carbons (Fsp3) is 0.321. The minimum Gasteiger partial charge on any atom is -0.494 e. The van der Waals surface area contributed by atoms with Crippen molar-refractivity contribution in [3.8, 4) is 11.4 Å². The zero-order valence-electron chi connectivity index (χ0n) is 22.8. The molecule has 0 fully saturated rings. The van der Waals surface area contributed by atoms with Crippen molar-refractivity contribution in [1.82, 2.24) is 35.0 Å². The third-order valence-corrected chi connectivity index (χ3v) is 6.86. The molecule has 1 aliphatic rings. The number of ether oxygens (including phenoxy) is 2. The maximum atomic E-state index is 15.3. The van der Waals surface area contributed by atoms with Gasteiger partial charge in [-0.05, 0) is 42.7 Å². The van der Waals surface area contributed by atoms with Crippen molar-refractivity contribution in [2.75, 3.05) is 27.8 Å². The molecule has 0 radical (unpaired) electrons. The van der Waals surface area contributed by atoms with E-state index in [0.717, 1.165) is 17.5 Å². The second kappa shape index (κ2) is 11.3. The summed E-state index contributed by atoms with van der Waals surface area (Å²) in [5.74, 6) is -0.961. The topological polar surface area (TPSA) is 116 Å². The van der Waals surface area contributed by atoms with E-state index in [1.54, 1.807) is 42.0 Å². The third kappa shape index (κ3) is 5.30. The Kier molecular flexibility index (Phi) is 7.60. The molecule has 12 heteroatoms. The molecular formula is C28H30FN7O4. The van der Waals surface area contributed by atoms with Crippen LogP contribution in [-0.2, 0) is 30.9 Å². The Morgan fingerprint density at radius 3 is 2.73 bits per heavy atom. The smallest absolute Gasteiger partial charge is 0.255 e. The summed E-state index contributed by atoms with van der Waals surface area (Å²) in [6.07, 6.45) is 4.10. The minimum absolute atomic E-state index is 0.0165. The molecule has 2 aromatic carbocycles. The maximum absolute atomic E-state index is 15.3. The van der Waals surface area contributed by atoms with Gasteiger partial charge in [0.1, 0.15) is 5.69 Å². The summed E-state index contributed by atoms with van der Waals surface area (Å²) in [6, 6.07) is 8.91. The Balaban J connectivity index is 1.37. The molecule has 0 atom stereocenters. The highest BCUT2D eigenvalue weighted by Gasteiger charge is 2.23. The van der Waals surface area contributed by atoms with Crippen LogP contribution in [0.5, 0.6) is 5.75 Å². The first kappa shape index (κ1) is 27.0. The molecule has 0 bridgehead atoms. The number of aromatic nitrogens is 5. The van der Waals surface area contributed by atoms with Gasteiger partial charge in [0.05, 0.1) is 43.4 Å². The van der Waals surface area contributed by atoms with Crippen LogP contribution in [0.25, 0.3) is 5.69 Å². The van der Waals surface area contributed by atoms with E-state index in [4.69, 9.17) is 9.47 Å². The van der Waals surface area contributed by atoms with Gasteiger partial charge in [-0.3, -0.25) is 14.3 Å². The SMILES string of the molecule is COCc1nn(Cc2ccc3c(c2)CCN(C)C3=O)cc1C(=O)NCc1c(-n2cc(C)nn2)ccc(OC)c1F. The van der Waals surface area contributed by atoms with E-state index in [1.165, 1.54) is 25.0 Å². The van der Waals surface area contributed by atoms with Crippen LogP contribution >= 0.6 is 0 Å². The second-order valence-electron chi connectivity index (χ2n) is 9.65. The predicted octanol–water partition coefficient (Wildman–Crippen LogP) is 2.67. The van der Waals surface area contributed by atoms with Gasteiger partial charge >= 0.3 is 0 Å². The first-order valence-electron chi connectivity index (χ1n) is 12.7. The Bertz CT molecular complexity index is 1580. The number of halogens is 1. The molecule has 208 valence electrons. The van der Waals surface area contributed by atoms with Gasteiger partial charge in [0.2, 0.25) is 0 Å². The quantitative estimate of drug-likeness (QED) is 0.343. The van der Waals surface area contributed by atoms with E-state index in [9.17, 15) is 9.59 Å². The van der Waals surface area contributed by atoms with Crippen molar-refractivity contribution >= 4 is 11.8 Å². The van der Waals surface area contributed by atoms with Gasteiger partial charge in [0.15, 0.2) is 11.6 Å². The van der Waals surface area contributed by atoms with Crippen LogP contribution in [0.4, 0.5) is 4.39 Å². The highest BCUT2D eigenvalue weighted by atomic mass is 19.1. The summed E-state index contributed by atoms with van der Waals surface area (Å²) in [6.45, 7) is 2.86. The number of fused-ring (bicyclic) bond motifs is 1. The van der Waals surface area contributed by atoms with Gasteiger partial charge in [-0.15, -0.1) is 5.10 Å². The zero-order valence-corrected chi connectivity index (χ0v) is 22.8. The van der Waals surface area contributed by atoms with Crippen molar-refractivity contribution in [3.63, 3.8) is 0 Å². The number of benzene rings is 2. The van der Waals surface area contributed by atoms with Crippen molar-refractivity contribution in [3.05, 3.63) is 87.7 Å². The lowest BCUT2D eigenvalue weighted by Crippen LogP contribution is -2.34. The summed E-state index contributed by atoms with van der Waals surface area (Å²) in [7, 11) is 4.70. The Morgan fingerprint density at radius 2 is 2.00 bits per heavy atom. The van der Waals surface area contributed by atoms with Crippen molar-refractivity contribution in [2.24, 2.45) is 0 Å². The predicted molar refractivity (Wildman–Crippen MR) is 143 cm³/mol. The lowest BCUT2D eigenvalue weighted by atomic mass is 9.97. The Hall–Kier alpha value is -4.58. The van der Waals surface area contributed by atoms with Crippen LogP contribution in [0.2, 0.25) is 0 Å². The molecule has 1 aliphatic heterocycles. The average molecular weight is 548 g/mol. The molecule has 2 aromatic heterocycles. The lowest BCUT2D eigenvalue weighted by molar-refractivity contribution is 0.0780.